The van der Waals surface area contributed by atoms with Gasteiger partial charge in [0.1, 0.15) is 0 Å². The SMILES string of the molecule is CCNC(=NCCN(C)c1ccccc1)NC1CCN(C(=O)C2CCCC2)C1.I. The van der Waals surface area contributed by atoms with Crippen molar-refractivity contribution in [2.45, 2.75) is 45.1 Å². The van der Waals surface area contributed by atoms with E-state index in [2.05, 4.69) is 58.7 Å². The lowest BCUT2D eigenvalue weighted by molar-refractivity contribution is -0.134. The summed E-state index contributed by atoms with van der Waals surface area (Å²) in [5.41, 5.74) is 1.20. The zero-order valence-corrected chi connectivity index (χ0v) is 20.1. The number of carbonyl (C=O) groups excluding carboxylic acids is 1. The van der Waals surface area contributed by atoms with E-state index in [9.17, 15) is 4.79 Å². The van der Waals surface area contributed by atoms with Crippen molar-refractivity contribution < 1.29 is 4.79 Å². The number of amides is 1. The second kappa shape index (κ2) is 12.2. The zero-order valence-electron chi connectivity index (χ0n) is 17.8. The summed E-state index contributed by atoms with van der Waals surface area (Å²) in [6.07, 6.45) is 5.56. The number of halogens is 1. The van der Waals surface area contributed by atoms with Crippen LogP contribution in [0.1, 0.15) is 39.0 Å². The van der Waals surface area contributed by atoms with Gasteiger partial charge in [-0.3, -0.25) is 9.79 Å². The molecule has 0 bridgehead atoms. The molecule has 1 unspecified atom stereocenters. The fraction of sp³-hybridized carbons (Fsp3) is 0.636. The smallest absolute Gasteiger partial charge is 0.225 e. The lowest BCUT2D eigenvalue weighted by atomic mass is 10.1. The third kappa shape index (κ3) is 7.04. The van der Waals surface area contributed by atoms with Crippen LogP contribution in [-0.4, -0.2) is 62.6 Å². The van der Waals surface area contributed by atoms with E-state index in [1.165, 1.54) is 18.5 Å². The van der Waals surface area contributed by atoms with Gasteiger partial charge in [-0.2, -0.15) is 0 Å². The van der Waals surface area contributed by atoms with Crippen LogP contribution in [0.3, 0.4) is 0 Å². The Hall–Kier alpha value is -1.51. The predicted molar refractivity (Wildman–Crippen MR) is 131 cm³/mol. The second-order valence-electron chi connectivity index (χ2n) is 7.91. The first-order valence-corrected chi connectivity index (χ1v) is 10.8. The van der Waals surface area contributed by atoms with Gasteiger partial charge >= 0.3 is 0 Å². The van der Waals surface area contributed by atoms with Gasteiger partial charge in [0, 0.05) is 50.9 Å². The Morgan fingerprint density at radius 2 is 1.93 bits per heavy atom. The molecular weight excluding hydrogens is 477 g/mol. The summed E-state index contributed by atoms with van der Waals surface area (Å²) in [5, 5.41) is 6.87. The van der Waals surface area contributed by atoms with Crippen molar-refractivity contribution >= 4 is 41.5 Å². The Labute approximate surface area is 192 Å². The number of para-hydroxylation sites is 1. The molecule has 0 spiro atoms. The number of nitrogens with zero attached hydrogens (tertiary/aromatic N) is 3. The number of aliphatic imine (C=N–C) groups is 1. The highest BCUT2D eigenvalue weighted by Crippen LogP contribution is 2.27. The Balaban J connectivity index is 0.00000300. The molecule has 1 aliphatic carbocycles. The van der Waals surface area contributed by atoms with E-state index in [1.54, 1.807) is 0 Å². The highest BCUT2D eigenvalue weighted by atomic mass is 127. The molecule has 1 saturated carbocycles. The van der Waals surface area contributed by atoms with E-state index in [4.69, 9.17) is 4.99 Å². The van der Waals surface area contributed by atoms with Gasteiger partial charge < -0.3 is 20.4 Å². The summed E-state index contributed by atoms with van der Waals surface area (Å²) in [7, 11) is 2.09. The Bertz CT molecular complexity index is 648. The monoisotopic (exact) mass is 513 g/mol. The first-order chi connectivity index (χ1) is 13.7. The van der Waals surface area contributed by atoms with Crippen molar-refractivity contribution in [3.63, 3.8) is 0 Å². The third-order valence-corrected chi connectivity index (χ3v) is 5.79. The number of anilines is 1. The third-order valence-electron chi connectivity index (χ3n) is 5.79. The average Bonchev–Trinajstić information content (AvgIpc) is 3.40. The van der Waals surface area contributed by atoms with Gasteiger partial charge in [-0.25, -0.2) is 0 Å². The number of nitrogens with one attached hydrogen (secondary N) is 2. The Kier molecular flexibility index (Phi) is 10.0. The van der Waals surface area contributed by atoms with Crippen molar-refractivity contribution in [1.82, 2.24) is 15.5 Å². The lowest BCUT2D eigenvalue weighted by Gasteiger charge is -2.22. The van der Waals surface area contributed by atoms with Crippen molar-refractivity contribution in [2.24, 2.45) is 10.9 Å². The molecular formula is C22H36IN5O. The minimum absolute atomic E-state index is 0. The molecule has 2 aliphatic rings. The van der Waals surface area contributed by atoms with Crippen LogP contribution < -0.4 is 15.5 Å². The molecule has 2 fully saturated rings. The number of benzene rings is 1. The number of hydrogen-bond donors (Lipinski definition) is 2. The molecule has 1 amide bonds. The van der Waals surface area contributed by atoms with Gasteiger partial charge in [-0.05, 0) is 38.3 Å². The number of guanidine groups is 1. The van der Waals surface area contributed by atoms with Gasteiger partial charge in [-0.1, -0.05) is 31.0 Å². The van der Waals surface area contributed by atoms with Crippen molar-refractivity contribution in [3.05, 3.63) is 30.3 Å². The van der Waals surface area contributed by atoms with Gasteiger partial charge in [0.05, 0.1) is 6.54 Å². The second-order valence-corrected chi connectivity index (χ2v) is 7.91. The minimum Gasteiger partial charge on any atom is -0.373 e. The largest absolute Gasteiger partial charge is 0.373 e. The van der Waals surface area contributed by atoms with Crippen LogP contribution in [0, 0.1) is 5.92 Å². The molecule has 1 atom stereocenters. The molecule has 1 saturated heterocycles. The average molecular weight is 513 g/mol. The normalized spacial score (nSPS) is 19.7. The van der Waals surface area contributed by atoms with E-state index in [0.29, 0.717) is 5.91 Å². The molecule has 3 rings (SSSR count). The van der Waals surface area contributed by atoms with E-state index >= 15 is 0 Å². The van der Waals surface area contributed by atoms with Gasteiger partial charge in [0.25, 0.3) is 0 Å². The van der Waals surface area contributed by atoms with E-state index in [-0.39, 0.29) is 35.9 Å². The maximum atomic E-state index is 12.6. The molecule has 6 nitrogen and oxygen atoms in total. The number of likely N-dealkylation sites (N-methyl/N-ethyl adjacent to an activating group) is 1. The maximum Gasteiger partial charge on any atom is 0.225 e. The van der Waals surface area contributed by atoms with Crippen LogP contribution in [-0.2, 0) is 4.79 Å². The summed E-state index contributed by atoms with van der Waals surface area (Å²) < 4.78 is 0. The van der Waals surface area contributed by atoms with Crippen LogP contribution in [0.2, 0.25) is 0 Å². The molecule has 29 heavy (non-hydrogen) atoms. The maximum absolute atomic E-state index is 12.6. The van der Waals surface area contributed by atoms with Gasteiger partial charge in [0.2, 0.25) is 5.91 Å². The zero-order chi connectivity index (χ0) is 19.8. The van der Waals surface area contributed by atoms with Gasteiger partial charge in [0.15, 0.2) is 5.96 Å². The molecule has 162 valence electrons. The van der Waals surface area contributed by atoms with Crippen LogP contribution in [0.15, 0.2) is 35.3 Å². The Morgan fingerprint density at radius 3 is 2.62 bits per heavy atom. The minimum atomic E-state index is 0. The molecule has 1 aliphatic heterocycles. The summed E-state index contributed by atoms with van der Waals surface area (Å²) in [5.74, 6) is 1.49. The molecule has 1 aromatic carbocycles. The molecule has 7 heteroatoms. The number of hydrogen-bond acceptors (Lipinski definition) is 3. The lowest BCUT2D eigenvalue weighted by Crippen LogP contribution is -2.45. The van der Waals surface area contributed by atoms with E-state index in [0.717, 1.165) is 57.9 Å². The Morgan fingerprint density at radius 1 is 1.21 bits per heavy atom. The fourth-order valence-corrected chi connectivity index (χ4v) is 4.15. The van der Waals surface area contributed by atoms with Crippen molar-refractivity contribution in [3.8, 4) is 0 Å². The van der Waals surface area contributed by atoms with Crippen molar-refractivity contribution in [1.29, 1.82) is 0 Å². The summed E-state index contributed by atoms with van der Waals surface area (Å²) in [6, 6.07) is 10.7. The predicted octanol–water partition coefficient (Wildman–Crippen LogP) is 3.09. The highest BCUT2D eigenvalue weighted by Gasteiger charge is 2.32. The van der Waals surface area contributed by atoms with Crippen LogP contribution in [0.5, 0.6) is 0 Å². The van der Waals surface area contributed by atoms with E-state index < -0.39 is 0 Å². The summed E-state index contributed by atoms with van der Waals surface area (Å²) >= 11 is 0. The highest BCUT2D eigenvalue weighted by molar-refractivity contribution is 14.0. The molecule has 0 radical (unpaired) electrons. The number of likely N-dealkylation sites (tertiary alicyclic amines) is 1. The van der Waals surface area contributed by atoms with Crippen LogP contribution in [0.4, 0.5) is 5.69 Å². The standard InChI is InChI=1S/C22H35N5O.HI/c1-3-23-22(24-14-16-26(2)20-11-5-4-6-12-20)25-19-13-15-27(17-19)21(28)18-9-7-8-10-18;/h4-6,11-12,18-19H,3,7-10,13-17H2,1-2H3,(H2,23,24,25);1H. The first-order valence-electron chi connectivity index (χ1n) is 10.8. The van der Waals surface area contributed by atoms with Gasteiger partial charge in [-0.15, -0.1) is 24.0 Å². The molecule has 1 aromatic rings. The van der Waals surface area contributed by atoms with Crippen LogP contribution in [0.25, 0.3) is 0 Å². The van der Waals surface area contributed by atoms with Crippen LogP contribution >= 0.6 is 24.0 Å². The first kappa shape index (κ1) is 23.8. The molecule has 2 N–H and O–H groups in total. The van der Waals surface area contributed by atoms with E-state index in [1.807, 2.05) is 6.07 Å². The topological polar surface area (TPSA) is 60.0 Å². The number of rotatable bonds is 7. The van der Waals surface area contributed by atoms with Crippen molar-refractivity contribution in [2.75, 3.05) is 44.7 Å². The summed E-state index contributed by atoms with van der Waals surface area (Å²) in [4.78, 5) is 21.6. The fourth-order valence-electron chi connectivity index (χ4n) is 4.15. The summed E-state index contributed by atoms with van der Waals surface area (Å²) in [6.45, 7) is 6.15. The molecule has 1 heterocycles. The number of carbonyl (C=O) groups is 1. The molecule has 0 aromatic heterocycles. The quantitative estimate of drug-likeness (QED) is 0.334.